The van der Waals surface area contributed by atoms with E-state index in [1.807, 2.05) is 25.3 Å². The molecule has 0 amide bonds. The number of hydrogen-bond donors (Lipinski definition) is 1. The van der Waals surface area contributed by atoms with E-state index in [4.69, 9.17) is 0 Å². The first-order chi connectivity index (χ1) is 12.2. The Morgan fingerprint density at radius 3 is 2.23 bits per heavy atom. The van der Waals surface area contributed by atoms with Crippen LogP contribution in [0, 0.1) is 6.92 Å². The normalized spacial score (nSPS) is 13.0. The highest BCUT2D eigenvalue weighted by atomic mass is 19.4. The molecule has 1 aromatic heterocycles. The maximum Gasteiger partial charge on any atom is 0.416 e. The van der Waals surface area contributed by atoms with Gasteiger partial charge in [0.05, 0.1) is 16.9 Å². The zero-order valence-corrected chi connectivity index (χ0v) is 14.5. The zero-order chi connectivity index (χ0) is 18.9. The lowest BCUT2D eigenvalue weighted by Crippen LogP contribution is -2.05. The minimum Gasteiger partial charge on any atom is -0.508 e. The van der Waals surface area contributed by atoms with Crippen LogP contribution >= 0.6 is 0 Å². The average molecular weight is 360 g/mol. The van der Waals surface area contributed by atoms with E-state index in [1.165, 1.54) is 12.1 Å². The van der Waals surface area contributed by atoms with Gasteiger partial charge in [-0.25, -0.2) is 4.68 Å². The Kier molecular flexibility index (Phi) is 4.76. The molecule has 3 rings (SSSR count). The third-order valence-corrected chi connectivity index (χ3v) is 4.41. The van der Waals surface area contributed by atoms with E-state index in [2.05, 4.69) is 12.0 Å². The van der Waals surface area contributed by atoms with Crippen molar-refractivity contribution < 1.29 is 18.3 Å². The van der Waals surface area contributed by atoms with Gasteiger partial charge in [0.2, 0.25) is 0 Å². The molecule has 0 bridgehead atoms. The lowest BCUT2D eigenvalue weighted by Gasteiger charge is -2.10. The highest BCUT2D eigenvalue weighted by molar-refractivity contribution is 5.37. The Hall–Kier alpha value is -2.76. The van der Waals surface area contributed by atoms with Crippen LogP contribution in [0.4, 0.5) is 13.2 Å². The number of alkyl halides is 3. The van der Waals surface area contributed by atoms with Crippen LogP contribution in [0.15, 0.2) is 54.7 Å². The van der Waals surface area contributed by atoms with E-state index in [0.29, 0.717) is 5.69 Å². The van der Waals surface area contributed by atoms with Crippen LogP contribution in [-0.4, -0.2) is 14.9 Å². The first-order valence-electron chi connectivity index (χ1n) is 8.26. The third kappa shape index (κ3) is 3.90. The number of nitrogens with zero attached hydrogens (tertiary/aromatic N) is 2. The number of hydrogen-bond acceptors (Lipinski definition) is 2. The second-order valence-corrected chi connectivity index (χ2v) is 6.43. The molecule has 6 heteroatoms. The van der Waals surface area contributed by atoms with Crippen molar-refractivity contribution >= 4 is 0 Å². The highest BCUT2D eigenvalue weighted by Crippen LogP contribution is 2.30. The number of phenolic OH excluding ortho intramolecular Hbond substituents is 1. The Morgan fingerprint density at radius 1 is 1.04 bits per heavy atom. The molecule has 0 spiro atoms. The van der Waals surface area contributed by atoms with Crippen LogP contribution in [0.1, 0.15) is 35.2 Å². The van der Waals surface area contributed by atoms with Crippen molar-refractivity contribution in [3.63, 3.8) is 0 Å². The molecule has 0 radical (unpaired) electrons. The van der Waals surface area contributed by atoms with Gasteiger partial charge in [0, 0.05) is 6.20 Å². The quantitative estimate of drug-likeness (QED) is 0.690. The molecule has 0 aliphatic heterocycles. The number of benzene rings is 2. The van der Waals surface area contributed by atoms with Gasteiger partial charge in [-0.3, -0.25) is 0 Å². The van der Waals surface area contributed by atoms with Gasteiger partial charge < -0.3 is 5.11 Å². The van der Waals surface area contributed by atoms with Crippen molar-refractivity contribution in [2.75, 3.05) is 0 Å². The topological polar surface area (TPSA) is 38.0 Å². The summed E-state index contributed by atoms with van der Waals surface area (Å²) in [5.74, 6) is 0.412. The molecule has 1 atom stereocenters. The molecule has 1 N–H and O–H groups in total. The summed E-state index contributed by atoms with van der Waals surface area (Å²) in [4.78, 5) is 0. The fraction of sp³-hybridized carbons (Fsp3) is 0.250. The van der Waals surface area contributed by atoms with E-state index in [-0.39, 0.29) is 11.7 Å². The lowest BCUT2D eigenvalue weighted by atomic mass is 9.94. The van der Waals surface area contributed by atoms with Crippen LogP contribution in [0.2, 0.25) is 0 Å². The van der Waals surface area contributed by atoms with Crippen LogP contribution in [0.5, 0.6) is 5.75 Å². The number of aryl methyl sites for hydroxylation is 1. The standard InChI is InChI=1S/C20H19F3N2O/c1-13(11-15-3-9-18(26)10-4-15)19-12-25(24-14(19)2)17-7-5-16(6-8-17)20(21,22)23/h3-10,12-13,26H,11H2,1-2H3/t13-/m1/s1. The summed E-state index contributed by atoms with van der Waals surface area (Å²) >= 11 is 0. The molecule has 1 heterocycles. The first kappa shape index (κ1) is 18.0. The number of rotatable bonds is 4. The molecule has 2 aromatic carbocycles. The van der Waals surface area contributed by atoms with Crippen molar-refractivity contribution in [1.29, 1.82) is 0 Å². The summed E-state index contributed by atoms with van der Waals surface area (Å²) in [7, 11) is 0. The summed E-state index contributed by atoms with van der Waals surface area (Å²) in [6.07, 6.45) is -1.70. The second-order valence-electron chi connectivity index (χ2n) is 6.43. The Bertz CT molecular complexity index is 881. The molecule has 0 unspecified atom stereocenters. The maximum atomic E-state index is 12.7. The van der Waals surface area contributed by atoms with Crippen LogP contribution in [0.3, 0.4) is 0 Å². The molecule has 3 aromatic rings. The Balaban J connectivity index is 1.81. The van der Waals surface area contributed by atoms with Gasteiger partial charge in [-0.15, -0.1) is 0 Å². The minimum absolute atomic E-state index is 0.183. The molecule has 0 fully saturated rings. The van der Waals surface area contributed by atoms with Gasteiger partial charge in [0.25, 0.3) is 0 Å². The Morgan fingerprint density at radius 2 is 1.65 bits per heavy atom. The number of aromatic nitrogens is 2. The van der Waals surface area contributed by atoms with Crippen LogP contribution in [-0.2, 0) is 12.6 Å². The summed E-state index contributed by atoms with van der Waals surface area (Å²) in [5, 5.41) is 13.8. The fourth-order valence-electron chi connectivity index (χ4n) is 2.99. The van der Waals surface area contributed by atoms with Gasteiger partial charge in [0.15, 0.2) is 0 Å². The van der Waals surface area contributed by atoms with Crippen molar-refractivity contribution in [2.24, 2.45) is 0 Å². The monoisotopic (exact) mass is 360 g/mol. The number of aromatic hydroxyl groups is 1. The third-order valence-electron chi connectivity index (χ3n) is 4.41. The van der Waals surface area contributed by atoms with Crippen molar-refractivity contribution in [3.8, 4) is 11.4 Å². The molecule has 0 saturated carbocycles. The summed E-state index contributed by atoms with van der Waals surface area (Å²) in [5.41, 5.74) is 2.89. The van der Waals surface area contributed by atoms with Gasteiger partial charge in [-0.2, -0.15) is 18.3 Å². The average Bonchev–Trinajstić information content (AvgIpc) is 2.98. The molecule has 26 heavy (non-hydrogen) atoms. The summed E-state index contributed by atoms with van der Waals surface area (Å²) in [6.45, 7) is 3.97. The van der Waals surface area contributed by atoms with Crippen molar-refractivity contribution in [1.82, 2.24) is 9.78 Å². The molecular formula is C20H19F3N2O. The predicted molar refractivity (Wildman–Crippen MR) is 93.5 cm³/mol. The van der Waals surface area contributed by atoms with Gasteiger partial charge >= 0.3 is 6.18 Å². The first-order valence-corrected chi connectivity index (χ1v) is 8.26. The predicted octanol–water partition coefficient (Wildman–Crippen LogP) is 5.25. The molecule has 0 aliphatic carbocycles. The number of phenols is 1. The maximum absolute atomic E-state index is 12.7. The van der Waals surface area contributed by atoms with E-state index in [9.17, 15) is 18.3 Å². The summed E-state index contributed by atoms with van der Waals surface area (Å²) < 4.78 is 39.7. The fourth-order valence-corrected chi connectivity index (χ4v) is 2.99. The SMILES string of the molecule is Cc1nn(-c2ccc(C(F)(F)F)cc2)cc1[C@H](C)Cc1ccc(O)cc1. The van der Waals surface area contributed by atoms with Gasteiger partial charge in [0.1, 0.15) is 5.75 Å². The summed E-state index contributed by atoms with van der Waals surface area (Å²) in [6, 6.07) is 12.0. The number of halogens is 3. The molecule has 3 nitrogen and oxygen atoms in total. The van der Waals surface area contributed by atoms with Crippen LogP contribution in [0.25, 0.3) is 5.69 Å². The lowest BCUT2D eigenvalue weighted by molar-refractivity contribution is -0.137. The van der Waals surface area contributed by atoms with E-state index >= 15 is 0 Å². The molecule has 0 aliphatic rings. The molecular weight excluding hydrogens is 341 g/mol. The largest absolute Gasteiger partial charge is 0.508 e. The zero-order valence-electron chi connectivity index (χ0n) is 14.5. The Labute approximate surface area is 149 Å². The second kappa shape index (κ2) is 6.86. The molecule has 136 valence electrons. The van der Waals surface area contributed by atoms with Gasteiger partial charge in [-0.05, 0) is 66.8 Å². The highest BCUT2D eigenvalue weighted by Gasteiger charge is 2.30. The van der Waals surface area contributed by atoms with E-state index in [0.717, 1.165) is 35.4 Å². The minimum atomic E-state index is -4.34. The van der Waals surface area contributed by atoms with Crippen LogP contribution < -0.4 is 0 Å². The molecule has 0 saturated heterocycles. The van der Waals surface area contributed by atoms with E-state index in [1.54, 1.807) is 16.8 Å². The van der Waals surface area contributed by atoms with Crippen molar-refractivity contribution in [2.45, 2.75) is 32.4 Å². The van der Waals surface area contributed by atoms with Crippen molar-refractivity contribution in [3.05, 3.63) is 77.1 Å². The smallest absolute Gasteiger partial charge is 0.416 e. The van der Waals surface area contributed by atoms with E-state index < -0.39 is 11.7 Å². The van der Waals surface area contributed by atoms with Gasteiger partial charge in [-0.1, -0.05) is 19.1 Å².